The van der Waals surface area contributed by atoms with E-state index in [1.807, 2.05) is 79.4 Å². The van der Waals surface area contributed by atoms with Crippen LogP contribution in [0.1, 0.15) is 42.6 Å². The van der Waals surface area contributed by atoms with Crippen LogP contribution < -0.4 is 10.7 Å². The van der Waals surface area contributed by atoms with Gasteiger partial charge in [0, 0.05) is 36.8 Å². The minimum Gasteiger partial charge on any atom is -0.456 e. The van der Waals surface area contributed by atoms with Crippen molar-refractivity contribution >= 4 is 23.3 Å². The topological polar surface area (TPSA) is 58.6 Å². The summed E-state index contributed by atoms with van der Waals surface area (Å²) in [6.45, 7) is 16.7. The number of hydrogen-bond acceptors (Lipinski definition) is 5. The van der Waals surface area contributed by atoms with Crippen molar-refractivity contribution in [2.24, 2.45) is 0 Å². The van der Waals surface area contributed by atoms with E-state index in [0.717, 1.165) is 48.5 Å². The Morgan fingerprint density at radius 2 is 1.85 bits per heavy atom. The fraction of sp³-hybridized carbons (Fsp3) is 0.265. The molecule has 1 aromatic heterocycles. The Hall–Kier alpha value is -4.29. The molecule has 5 rings (SSSR count). The summed E-state index contributed by atoms with van der Waals surface area (Å²) in [5, 5.41) is 1.31. The van der Waals surface area contributed by atoms with Gasteiger partial charge in [0.05, 0.1) is 17.2 Å². The summed E-state index contributed by atoms with van der Waals surface area (Å²) in [7, 11) is 0. The molecule has 204 valence electrons. The number of hydrogen-bond donors (Lipinski definition) is 0. The second-order valence-electron chi connectivity index (χ2n) is 10.3. The molecular weight excluding hydrogens is 496 g/mol. The summed E-state index contributed by atoms with van der Waals surface area (Å²) in [5.74, 6) is 1.09. The first-order valence-electron chi connectivity index (χ1n) is 13.9. The zero-order valence-corrected chi connectivity index (χ0v) is 23.4. The fourth-order valence-electron chi connectivity index (χ4n) is 5.16. The molecule has 6 heteroatoms. The van der Waals surface area contributed by atoms with Gasteiger partial charge in [-0.05, 0) is 69.1 Å². The molecule has 0 aliphatic carbocycles. The van der Waals surface area contributed by atoms with Crippen LogP contribution in [-0.4, -0.2) is 58.4 Å². The lowest BCUT2D eigenvalue weighted by Gasteiger charge is -2.24. The molecule has 0 radical (unpaired) electrons. The number of ether oxygens (including phenoxy) is 1. The Kier molecular flexibility index (Phi) is 8.37. The molecule has 3 heterocycles. The van der Waals surface area contributed by atoms with Crippen LogP contribution in [0.25, 0.3) is 28.7 Å². The maximum Gasteiger partial charge on any atom is 0.253 e. The van der Waals surface area contributed by atoms with Crippen LogP contribution in [0.3, 0.4) is 0 Å². The highest BCUT2D eigenvalue weighted by molar-refractivity contribution is 5.95. The quantitative estimate of drug-likeness (QED) is 0.371. The average molecular weight is 533 g/mol. The largest absolute Gasteiger partial charge is 0.456 e. The minimum absolute atomic E-state index is 0.0339. The SMILES string of the molecule is C=C1C=c2ncc(-c3cccc(C(=O)N(CC)CCN4CCCC4)c3)nc2=C(C=C(C(=C)C)c2ccccc2)O1. The number of benzene rings is 2. The smallest absolute Gasteiger partial charge is 0.253 e. The van der Waals surface area contributed by atoms with E-state index >= 15 is 0 Å². The summed E-state index contributed by atoms with van der Waals surface area (Å²) in [5.41, 5.74) is 5.03. The molecule has 1 saturated heterocycles. The molecule has 3 aromatic rings. The Morgan fingerprint density at radius 1 is 1.10 bits per heavy atom. The summed E-state index contributed by atoms with van der Waals surface area (Å²) in [6.07, 6.45) is 7.96. The Labute approximate surface area is 236 Å². The van der Waals surface area contributed by atoms with Crippen molar-refractivity contribution in [2.75, 3.05) is 32.7 Å². The Bertz CT molecular complexity index is 1580. The summed E-state index contributed by atoms with van der Waals surface area (Å²) >= 11 is 0. The lowest BCUT2D eigenvalue weighted by atomic mass is 9.99. The lowest BCUT2D eigenvalue weighted by Crippen LogP contribution is -2.38. The zero-order valence-electron chi connectivity index (χ0n) is 23.4. The van der Waals surface area contributed by atoms with Crippen LogP contribution in [0.2, 0.25) is 0 Å². The molecule has 0 spiro atoms. The molecule has 0 saturated carbocycles. The van der Waals surface area contributed by atoms with Crippen molar-refractivity contribution in [2.45, 2.75) is 26.7 Å². The Morgan fingerprint density at radius 3 is 2.58 bits per heavy atom. The van der Waals surface area contributed by atoms with Gasteiger partial charge in [0.25, 0.3) is 5.91 Å². The van der Waals surface area contributed by atoms with Crippen molar-refractivity contribution < 1.29 is 9.53 Å². The molecule has 2 aromatic carbocycles. The second-order valence-corrected chi connectivity index (χ2v) is 10.3. The van der Waals surface area contributed by atoms with Crippen molar-refractivity contribution in [1.29, 1.82) is 0 Å². The normalized spacial score (nSPS) is 15.3. The summed E-state index contributed by atoms with van der Waals surface area (Å²) < 4.78 is 6.06. The molecule has 2 aliphatic rings. The van der Waals surface area contributed by atoms with Crippen molar-refractivity contribution in [3.63, 3.8) is 0 Å². The number of fused-ring (bicyclic) bond motifs is 1. The highest BCUT2D eigenvalue weighted by atomic mass is 16.5. The van der Waals surface area contributed by atoms with E-state index in [9.17, 15) is 4.79 Å². The minimum atomic E-state index is 0.0339. The van der Waals surface area contributed by atoms with E-state index in [0.29, 0.717) is 40.0 Å². The van der Waals surface area contributed by atoms with Gasteiger partial charge < -0.3 is 14.5 Å². The van der Waals surface area contributed by atoms with E-state index in [1.165, 1.54) is 12.8 Å². The lowest BCUT2D eigenvalue weighted by molar-refractivity contribution is 0.0749. The van der Waals surface area contributed by atoms with Gasteiger partial charge in [-0.3, -0.25) is 9.78 Å². The number of carbonyl (C=O) groups excluding carboxylic acids is 1. The third kappa shape index (κ3) is 6.13. The maximum absolute atomic E-state index is 13.4. The standard InChI is InChI=1S/C34H36N4O2/c1-5-38(19-18-37-16-9-10-17-37)34(39)28-15-11-14-27(21-28)31-23-35-30-20-25(4)40-32(33(30)36-31)22-29(24(2)3)26-12-7-6-8-13-26/h6-8,11-15,20-23H,2,4-5,9-10,16-19H2,1,3H3. The van der Waals surface area contributed by atoms with E-state index < -0.39 is 0 Å². The maximum atomic E-state index is 13.4. The monoisotopic (exact) mass is 532 g/mol. The van der Waals surface area contributed by atoms with Gasteiger partial charge in [0.15, 0.2) is 5.76 Å². The molecular formula is C34H36N4O2. The van der Waals surface area contributed by atoms with Crippen LogP contribution in [-0.2, 0) is 4.74 Å². The van der Waals surface area contributed by atoms with Crippen LogP contribution >= 0.6 is 0 Å². The summed E-state index contributed by atoms with van der Waals surface area (Å²) in [4.78, 5) is 27.4. The van der Waals surface area contributed by atoms with E-state index in [-0.39, 0.29) is 5.91 Å². The molecule has 6 nitrogen and oxygen atoms in total. The second kappa shape index (κ2) is 12.3. The first-order chi connectivity index (χ1) is 19.4. The van der Waals surface area contributed by atoms with Gasteiger partial charge in [0.1, 0.15) is 11.1 Å². The first-order valence-corrected chi connectivity index (χ1v) is 13.9. The average Bonchev–Trinajstić information content (AvgIpc) is 3.50. The van der Waals surface area contributed by atoms with Crippen molar-refractivity contribution in [3.8, 4) is 11.3 Å². The third-order valence-electron chi connectivity index (χ3n) is 7.35. The van der Waals surface area contributed by atoms with Crippen LogP contribution in [0, 0.1) is 0 Å². The highest BCUT2D eigenvalue weighted by Crippen LogP contribution is 2.25. The van der Waals surface area contributed by atoms with Gasteiger partial charge in [-0.1, -0.05) is 61.2 Å². The van der Waals surface area contributed by atoms with Gasteiger partial charge in [0.2, 0.25) is 0 Å². The van der Waals surface area contributed by atoms with Crippen LogP contribution in [0.5, 0.6) is 0 Å². The third-order valence-corrected chi connectivity index (χ3v) is 7.35. The van der Waals surface area contributed by atoms with Gasteiger partial charge in [-0.2, -0.15) is 0 Å². The number of likely N-dealkylation sites (N-methyl/N-ethyl adjacent to an activating group) is 1. The predicted molar refractivity (Wildman–Crippen MR) is 161 cm³/mol. The van der Waals surface area contributed by atoms with E-state index in [2.05, 4.69) is 23.0 Å². The molecule has 40 heavy (non-hydrogen) atoms. The summed E-state index contributed by atoms with van der Waals surface area (Å²) in [6, 6.07) is 17.7. The van der Waals surface area contributed by atoms with Gasteiger partial charge in [-0.25, -0.2) is 4.98 Å². The number of allylic oxidation sites excluding steroid dienone is 3. The number of likely N-dealkylation sites (tertiary alicyclic amines) is 1. The molecule has 0 unspecified atom stereocenters. The molecule has 0 bridgehead atoms. The number of aromatic nitrogens is 2. The van der Waals surface area contributed by atoms with Crippen LogP contribution in [0.4, 0.5) is 0 Å². The number of carbonyl (C=O) groups is 1. The zero-order chi connectivity index (χ0) is 28.1. The highest BCUT2D eigenvalue weighted by Gasteiger charge is 2.19. The Balaban J connectivity index is 1.50. The van der Waals surface area contributed by atoms with Crippen molar-refractivity contribution in [3.05, 3.63) is 113 Å². The van der Waals surface area contributed by atoms with Gasteiger partial charge >= 0.3 is 0 Å². The first kappa shape index (κ1) is 27.3. The molecule has 0 N–H and O–H groups in total. The van der Waals surface area contributed by atoms with E-state index in [1.54, 1.807) is 12.3 Å². The molecule has 1 fully saturated rings. The molecule has 0 atom stereocenters. The van der Waals surface area contributed by atoms with Gasteiger partial charge in [-0.15, -0.1) is 0 Å². The number of amides is 1. The number of rotatable bonds is 9. The van der Waals surface area contributed by atoms with E-state index in [4.69, 9.17) is 9.72 Å². The fourth-order valence-corrected chi connectivity index (χ4v) is 5.16. The van der Waals surface area contributed by atoms with Crippen LogP contribution in [0.15, 0.2) is 91.4 Å². The van der Waals surface area contributed by atoms with Crippen molar-refractivity contribution in [1.82, 2.24) is 19.8 Å². The predicted octanol–water partition coefficient (Wildman–Crippen LogP) is 4.79. The number of nitrogens with zero attached hydrogens (tertiary/aromatic N) is 4. The molecule has 2 aliphatic heterocycles. The molecule has 1 amide bonds.